The van der Waals surface area contributed by atoms with Crippen LogP contribution in [0.15, 0.2) is 17.6 Å². The third-order valence-corrected chi connectivity index (χ3v) is 4.83. The summed E-state index contributed by atoms with van der Waals surface area (Å²) in [5.74, 6) is -1.01. The van der Waals surface area contributed by atoms with Gasteiger partial charge in [0, 0.05) is 25.8 Å². The van der Waals surface area contributed by atoms with E-state index in [4.69, 9.17) is 9.84 Å². The van der Waals surface area contributed by atoms with Gasteiger partial charge in [-0.1, -0.05) is 0 Å². The molecule has 1 aromatic heterocycles. The summed E-state index contributed by atoms with van der Waals surface area (Å²) < 4.78 is 33.0. The molecule has 1 saturated heterocycles. The molecule has 0 bridgehead atoms. The first-order valence-electron chi connectivity index (χ1n) is 6.28. The van der Waals surface area contributed by atoms with E-state index in [2.05, 4.69) is 4.98 Å². The van der Waals surface area contributed by atoms with Crippen LogP contribution in [0.3, 0.4) is 0 Å². The lowest BCUT2D eigenvalue weighted by atomic mass is 10.2. The molecule has 9 heteroatoms. The first-order chi connectivity index (χ1) is 9.43. The fraction of sp³-hybridized carbons (Fsp3) is 0.636. The molecule has 2 rings (SSSR count). The Kier molecular flexibility index (Phi) is 4.41. The first-order valence-corrected chi connectivity index (χ1v) is 7.72. The highest BCUT2D eigenvalue weighted by molar-refractivity contribution is 7.89. The molecule has 0 radical (unpaired) electrons. The normalized spacial score (nSPS) is 20.9. The van der Waals surface area contributed by atoms with Crippen molar-refractivity contribution >= 4 is 16.0 Å². The van der Waals surface area contributed by atoms with Crippen molar-refractivity contribution in [1.82, 2.24) is 13.9 Å². The molecule has 1 fully saturated rings. The van der Waals surface area contributed by atoms with Crippen LogP contribution in [0, 0.1) is 0 Å². The Morgan fingerprint density at radius 3 is 2.95 bits per heavy atom. The second kappa shape index (κ2) is 5.90. The zero-order valence-electron chi connectivity index (χ0n) is 11.1. The molecule has 2 heterocycles. The molecule has 112 valence electrons. The largest absolute Gasteiger partial charge is 0.481 e. The number of carboxylic acid groups (broad SMARTS) is 1. The van der Waals surface area contributed by atoms with E-state index in [-0.39, 0.29) is 31.1 Å². The SMILES string of the molecule is CCn1cnc(S(=O)(=O)N2CCOC(CC(=O)O)C2)c1. The van der Waals surface area contributed by atoms with Gasteiger partial charge in [-0.15, -0.1) is 0 Å². The van der Waals surface area contributed by atoms with Gasteiger partial charge in [-0.3, -0.25) is 4.79 Å². The molecule has 1 atom stereocenters. The summed E-state index contributed by atoms with van der Waals surface area (Å²) in [6.07, 6.45) is 2.10. The first kappa shape index (κ1) is 14.9. The molecule has 1 aromatic rings. The standard InChI is InChI=1S/C11H17N3O5S/c1-2-13-7-10(12-8-13)20(17,18)14-3-4-19-9(6-14)5-11(15)16/h7-9H,2-6H2,1H3,(H,15,16). The number of aromatic nitrogens is 2. The number of hydrogen-bond donors (Lipinski definition) is 1. The molecule has 0 aromatic carbocycles. The quantitative estimate of drug-likeness (QED) is 0.806. The average molecular weight is 303 g/mol. The van der Waals surface area contributed by atoms with Gasteiger partial charge in [-0.05, 0) is 6.92 Å². The van der Waals surface area contributed by atoms with Gasteiger partial charge in [-0.25, -0.2) is 13.4 Å². The van der Waals surface area contributed by atoms with Gasteiger partial charge in [0.1, 0.15) is 0 Å². The minimum absolute atomic E-state index is 0.0182. The fourth-order valence-corrected chi connectivity index (χ4v) is 3.40. The lowest BCUT2D eigenvalue weighted by Gasteiger charge is -2.30. The van der Waals surface area contributed by atoms with E-state index in [9.17, 15) is 13.2 Å². The molecule has 20 heavy (non-hydrogen) atoms. The number of aliphatic carboxylic acids is 1. The van der Waals surface area contributed by atoms with Crippen molar-refractivity contribution in [3.63, 3.8) is 0 Å². The lowest BCUT2D eigenvalue weighted by Crippen LogP contribution is -2.46. The number of nitrogens with zero attached hydrogens (tertiary/aromatic N) is 3. The summed E-state index contributed by atoms with van der Waals surface area (Å²) in [5, 5.41) is 8.73. The Hall–Kier alpha value is -1.45. The molecule has 1 aliphatic rings. The molecular formula is C11H17N3O5S. The Labute approximate surface area is 117 Å². The number of morpholine rings is 1. The van der Waals surface area contributed by atoms with Crippen molar-refractivity contribution in [2.24, 2.45) is 0 Å². The number of ether oxygens (including phenoxy) is 1. The molecule has 0 saturated carbocycles. The number of sulfonamides is 1. The van der Waals surface area contributed by atoms with Gasteiger partial charge in [0.15, 0.2) is 5.03 Å². The van der Waals surface area contributed by atoms with Gasteiger partial charge in [0.05, 0.1) is 25.5 Å². The van der Waals surface area contributed by atoms with Crippen LogP contribution in [-0.4, -0.2) is 59.2 Å². The van der Waals surface area contributed by atoms with E-state index in [0.29, 0.717) is 6.54 Å². The van der Waals surface area contributed by atoms with Crippen molar-refractivity contribution in [3.8, 4) is 0 Å². The number of carbonyl (C=O) groups is 1. The van der Waals surface area contributed by atoms with E-state index in [1.807, 2.05) is 6.92 Å². The summed E-state index contributed by atoms with van der Waals surface area (Å²) in [7, 11) is -3.69. The summed E-state index contributed by atoms with van der Waals surface area (Å²) in [6, 6.07) is 0. The van der Waals surface area contributed by atoms with Crippen LogP contribution in [0.2, 0.25) is 0 Å². The molecule has 1 aliphatic heterocycles. The van der Waals surface area contributed by atoms with E-state index < -0.39 is 22.1 Å². The number of aryl methyl sites for hydroxylation is 1. The summed E-state index contributed by atoms with van der Waals surface area (Å²) in [5.41, 5.74) is 0. The second-order valence-electron chi connectivity index (χ2n) is 4.50. The van der Waals surface area contributed by atoms with E-state index in [1.54, 1.807) is 4.57 Å². The summed E-state index contributed by atoms with van der Waals surface area (Å²) >= 11 is 0. The molecule has 0 amide bonds. The monoisotopic (exact) mass is 303 g/mol. The van der Waals surface area contributed by atoms with Crippen molar-refractivity contribution in [1.29, 1.82) is 0 Å². The second-order valence-corrected chi connectivity index (χ2v) is 6.38. The Morgan fingerprint density at radius 1 is 1.60 bits per heavy atom. The molecule has 0 spiro atoms. The maximum atomic E-state index is 12.4. The van der Waals surface area contributed by atoms with Gasteiger partial charge in [0.25, 0.3) is 10.0 Å². The fourth-order valence-electron chi connectivity index (χ4n) is 2.01. The van der Waals surface area contributed by atoms with Crippen LogP contribution in [0.1, 0.15) is 13.3 Å². The van der Waals surface area contributed by atoms with Crippen LogP contribution in [0.4, 0.5) is 0 Å². The predicted octanol–water partition coefficient (Wildman–Crippen LogP) is -0.233. The number of carboxylic acids is 1. The maximum absolute atomic E-state index is 12.4. The van der Waals surface area contributed by atoms with Crippen LogP contribution in [0.5, 0.6) is 0 Å². The summed E-state index contributed by atoms with van der Waals surface area (Å²) in [6.45, 7) is 2.94. The van der Waals surface area contributed by atoms with E-state index >= 15 is 0 Å². The number of hydrogen-bond acceptors (Lipinski definition) is 5. The highest BCUT2D eigenvalue weighted by Crippen LogP contribution is 2.18. The van der Waals surface area contributed by atoms with Crippen molar-refractivity contribution in [3.05, 3.63) is 12.5 Å². The smallest absolute Gasteiger partial charge is 0.306 e. The minimum Gasteiger partial charge on any atom is -0.481 e. The van der Waals surface area contributed by atoms with Crippen molar-refractivity contribution in [2.75, 3.05) is 19.7 Å². The topological polar surface area (TPSA) is 102 Å². The third kappa shape index (κ3) is 3.17. The van der Waals surface area contributed by atoms with Gasteiger partial charge < -0.3 is 14.4 Å². The summed E-state index contributed by atoms with van der Waals surface area (Å²) in [4.78, 5) is 14.6. The average Bonchev–Trinajstić information content (AvgIpc) is 2.87. The van der Waals surface area contributed by atoms with Gasteiger partial charge in [-0.2, -0.15) is 4.31 Å². The van der Waals surface area contributed by atoms with Crippen molar-refractivity contribution in [2.45, 2.75) is 31.0 Å². The molecular weight excluding hydrogens is 286 g/mol. The van der Waals surface area contributed by atoms with Gasteiger partial charge in [0.2, 0.25) is 0 Å². The number of rotatable bonds is 5. The van der Waals surface area contributed by atoms with Crippen LogP contribution in [0.25, 0.3) is 0 Å². The van der Waals surface area contributed by atoms with Crippen molar-refractivity contribution < 1.29 is 23.1 Å². The van der Waals surface area contributed by atoms with Crippen LogP contribution < -0.4 is 0 Å². The highest BCUT2D eigenvalue weighted by atomic mass is 32.2. The molecule has 8 nitrogen and oxygen atoms in total. The Balaban J connectivity index is 2.14. The van der Waals surface area contributed by atoms with E-state index in [0.717, 1.165) is 0 Å². The Morgan fingerprint density at radius 2 is 2.35 bits per heavy atom. The van der Waals surface area contributed by atoms with E-state index in [1.165, 1.54) is 16.8 Å². The van der Waals surface area contributed by atoms with Crippen LogP contribution in [-0.2, 0) is 26.1 Å². The molecule has 1 unspecified atom stereocenters. The van der Waals surface area contributed by atoms with Crippen LogP contribution >= 0.6 is 0 Å². The predicted molar refractivity (Wildman–Crippen MR) is 68.7 cm³/mol. The minimum atomic E-state index is -3.69. The third-order valence-electron chi connectivity index (χ3n) is 3.08. The maximum Gasteiger partial charge on any atom is 0.306 e. The highest BCUT2D eigenvalue weighted by Gasteiger charge is 2.33. The lowest BCUT2D eigenvalue weighted by molar-refractivity contribution is -0.141. The zero-order valence-corrected chi connectivity index (χ0v) is 11.9. The zero-order chi connectivity index (χ0) is 14.8. The number of imidazole rings is 1. The van der Waals surface area contributed by atoms with Gasteiger partial charge >= 0.3 is 5.97 Å². The molecule has 0 aliphatic carbocycles. The molecule has 1 N–H and O–H groups in total. The Bertz CT molecular complexity index is 583.